The van der Waals surface area contributed by atoms with Gasteiger partial charge in [-0.15, -0.1) is 0 Å². The van der Waals surface area contributed by atoms with Crippen LogP contribution in [0, 0.1) is 11.6 Å². The molecule has 1 unspecified atom stereocenters. The van der Waals surface area contributed by atoms with Crippen LogP contribution in [0.25, 0.3) is 0 Å². The second-order valence-electron chi connectivity index (χ2n) is 5.08. The predicted octanol–water partition coefficient (Wildman–Crippen LogP) is 4.62. The molecule has 0 heterocycles. The molecule has 1 atom stereocenters. The Labute approximate surface area is 125 Å². The molecule has 3 heteroatoms. The van der Waals surface area contributed by atoms with Crippen molar-refractivity contribution < 1.29 is 8.78 Å². The van der Waals surface area contributed by atoms with Crippen molar-refractivity contribution in [2.75, 3.05) is 6.54 Å². The monoisotopic (exact) mass is 289 g/mol. The van der Waals surface area contributed by atoms with Gasteiger partial charge in [0.05, 0.1) is 6.04 Å². The average Bonchev–Trinajstić information content (AvgIpc) is 2.52. The first-order chi connectivity index (χ1) is 10.2. The molecule has 0 amide bonds. The van der Waals surface area contributed by atoms with Gasteiger partial charge in [-0.3, -0.25) is 0 Å². The van der Waals surface area contributed by atoms with Crippen LogP contribution in [0.3, 0.4) is 0 Å². The number of rotatable bonds is 6. The largest absolute Gasteiger partial charge is 0.306 e. The zero-order chi connectivity index (χ0) is 15.2. The van der Waals surface area contributed by atoms with E-state index in [2.05, 4.69) is 19.2 Å². The first-order valence-electron chi connectivity index (χ1n) is 7.44. The number of aryl methyl sites for hydroxylation is 1. The van der Waals surface area contributed by atoms with Gasteiger partial charge in [0, 0.05) is 5.56 Å². The minimum Gasteiger partial charge on any atom is -0.306 e. The first kappa shape index (κ1) is 15.6. The highest BCUT2D eigenvalue weighted by atomic mass is 19.2. The van der Waals surface area contributed by atoms with Crippen LogP contribution in [0.15, 0.2) is 42.5 Å². The van der Waals surface area contributed by atoms with Crippen LogP contribution in [0.4, 0.5) is 8.78 Å². The van der Waals surface area contributed by atoms with E-state index in [0.29, 0.717) is 5.56 Å². The van der Waals surface area contributed by atoms with Gasteiger partial charge in [-0.1, -0.05) is 50.2 Å². The fraction of sp³-hybridized carbons (Fsp3) is 0.333. The second-order valence-corrected chi connectivity index (χ2v) is 5.08. The Balaban J connectivity index is 2.50. The van der Waals surface area contributed by atoms with E-state index in [-0.39, 0.29) is 6.04 Å². The summed E-state index contributed by atoms with van der Waals surface area (Å²) >= 11 is 0. The van der Waals surface area contributed by atoms with Crippen LogP contribution in [0.5, 0.6) is 0 Å². The van der Waals surface area contributed by atoms with Gasteiger partial charge in [0.25, 0.3) is 0 Å². The van der Waals surface area contributed by atoms with E-state index in [1.807, 2.05) is 24.3 Å². The third-order valence-electron chi connectivity index (χ3n) is 3.64. The minimum atomic E-state index is -0.801. The third-order valence-corrected chi connectivity index (χ3v) is 3.64. The summed E-state index contributed by atoms with van der Waals surface area (Å²) in [6.07, 6.45) is 1.79. The predicted molar refractivity (Wildman–Crippen MR) is 82.3 cm³/mol. The highest BCUT2D eigenvalue weighted by molar-refractivity contribution is 5.38. The summed E-state index contributed by atoms with van der Waals surface area (Å²) in [6, 6.07) is 12.0. The summed E-state index contributed by atoms with van der Waals surface area (Å²) in [6.45, 7) is 4.87. The summed E-state index contributed by atoms with van der Waals surface area (Å²) in [5, 5.41) is 3.34. The molecule has 0 aliphatic carbocycles. The number of hydrogen-bond donors (Lipinski definition) is 1. The normalized spacial score (nSPS) is 12.4. The van der Waals surface area contributed by atoms with E-state index in [1.165, 1.54) is 0 Å². The molecule has 0 aromatic heterocycles. The molecular weight excluding hydrogens is 268 g/mol. The van der Waals surface area contributed by atoms with E-state index in [1.54, 1.807) is 12.1 Å². The van der Waals surface area contributed by atoms with Crippen molar-refractivity contribution in [1.82, 2.24) is 5.32 Å². The molecule has 112 valence electrons. The maximum Gasteiger partial charge on any atom is 0.163 e. The number of halogens is 2. The van der Waals surface area contributed by atoms with Crippen molar-refractivity contribution in [3.05, 3.63) is 70.8 Å². The molecule has 2 aromatic carbocycles. The smallest absolute Gasteiger partial charge is 0.163 e. The summed E-state index contributed by atoms with van der Waals surface area (Å²) < 4.78 is 27.7. The zero-order valence-corrected chi connectivity index (χ0v) is 12.5. The van der Waals surface area contributed by atoms with Crippen molar-refractivity contribution in [1.29, 1.82) is 0 Å². The SMILES string of the molecule is CCCNC(c1ccccc1CC)c1cccc(F)c1F. The molecule has 0 radical (unpaired) electrons. The molecule has 0 bridgehead atoms. The van der Waals surface area contributed by atoms with Gasteiger partial charge < -0.3 is 5.32 Å². The van der Waals surface area contributed by atoms with Gasteiger partial charge in [-0.25, -0.2) is 8.78 Å². The van der Waals surface area contributed by atoms with Crippen LogP contribution in [-0.2, 0) is 6.42 Å². The van der Waals surface area contributed by atoms with E-state index in [4.69, 9.17) is 0 Å². The van der Waals surface area contributed by atoms with Crippen LogP contribution in [0.2, 0.25) is 0 Å². The van der Waals surface area contributed by atoms with E-state index < -0.39 is 11.6 Å². The summed E-state index contributed by atoms with van der Waals surface area (Å²) in [5.74, 6) is -1.57. The topological polar surface area (TPSA) is 12.0 Å². The van der Waals surface area contributed by atoms with Crippen LogP contribution in [0.1, 0.15) is 43.0 Å². The Kier molecular flexibility index (Phi) is 5.45. The minimum absolute atomic E-state index is 0.322. The van der Waals surface area contributed by atoms with Crippen LogP contribution >= 0.6 is 0 Å². The van der Waals surface area contributed by atoms with Gasteiger partial charge >= 0.3 is 0 Å². The average molecular weight is 289 g/mol. The fourth-order valence-corrected chi connectivity index (χ4v) is 2.56. The Morgan fingerprint density at radius 2 is 1.67 bits per heavy atom. The van der Waals surface area contributed by atoms with Crippen LogP contribution in [-0.4, -0.2) is 6.54 Å². The molecule has 2 rings (SSSR count). The summed E-state index contributed by atoms with van der Waals surface area (Å²) in [4.78, 5) is 0. The van der Waals surface area contributed by atoms with Gasteiger partial charge in [-0.2, -0.15) is 0 Å². The third kappa shape index (κ3) is 3.48. The first-order valence-corrected chi connectivity index (χ1v) is 7.44. The van der Waals surface area contributed by atoms with Crippen LogP contribution < -0.4 is 5.32 Å². The molecule has 0 saturated carbocycles. The second kappa shape index (κ2) is 7.32. The number of nitrogens with one attached hydrogen (secondary N) is 1. The lowest BCUT2D eigenvalue weighted by molar-refractivity contribution is 0.479. The molecule has 0 aliphatic heterocycles. The molecule has 0 saturated heterocycles. The Morgan fingerprint density at radius 3 is 2.38 bits per heavy atom. The molecule has 2 aromatic rings. The standard InChI is InChI=1S/C18H21F2N/c1-3-12-21-18(14-9-6-5-8-13(14)4-2)15-10-7-11-16(19)17(15)20/h5-11,18,21H,3-4,12H2,1-2H3. The Morgan fingerprint density at radius 1 is 0.952 bits per heavy atom. The summed E-state index contributed by atoms with van der Waals surface area (Å²) in [5.41, 5.74) is 2.53. The highest BCUT2D eigenvalue weighted by Crippen LogP contribution is 2.28. The number of benzene rings is 2. The van der Waals surface area contributed by atoms with E-state index in [9.17, 15) is 8.78 Å². The lowest BCUT2D eigenvalue weighted by atomic mass is 9.92. The van der Waals surface area contributed by atoms with Gasteiger partial charge in [0.1, 0.15) is 0 Å². The van der Waals surface area contributed by atoms with Gasteiger partial charge in [-0.05, 0) is 36.6 Å². The molecule has 0 aliphatic rings. The maximum absolute atomic E-state index is 14.2. The zero-order valence-electron chi connectivity index (χ0n) is 12.5. The van der Waals surface area contributed by atoms with Gasteiger partial charge in [0.15, 0.2) is 11.6 Å². The number of hydrogen-bond acceptors (Lipinski definition) is 1. The van der Waals surface area contributed by atoms with Crippen molar-refractivity contribution in [2.45, 2.75) is 32.7 Å². The quantitative estimate of drug-likeness (QED) is 0.818. The Hall–Kier alpha value is -1.74. The Bertz CT molecular complexity index is 596. The highest BCUT2D eigenvalue weighted by Gasteiger charge is 2.21. The van der Waals surface area contributed by atoms with Crippen molar-refractivity contribution in [3.8, 4) is 0 Å². The van der Waals surface area contributed by atoms with Crippen molar-refractivity contribution >= 4 is 0 Å². The van der Waals surface area contributed by atoms with Gasteiger partial charge in [0.2, 0.25) is 0 Å². The van der Waals surface area contributed by atoms with E-state index in [0.717, 1.165) is 36.6 Å². The lowest BCUT2D eigenvalue weighted by Gasteiger charge is -2.22. The van der Waals surface area contributed by atoms with Crippen molar-refractivity contribution in [3.63, 3.8) is 0 Å². The lowest BCUT2D eigenvalue weighted by Crippen LogP contribution is -2.25. The molecule has 0 spiro atoms. The molecule has 21 heavy (non-hydrogen) atoms. The molecule has 0 fully saturated rings. The molecular formula is C18H21F2N. The summed E-state index contributed by atoms with van der Waals surface area (Å²) in [7, 11) is 0. The van der Waals surface area contributed by atoms with Crippen molar-refractivity contribution in [2.24, 2.45) is 0 Å². The maximum atomic E-state index is 14.2. The molecule has 1 nitrogen and oxygen atoms in total. The van der Waals surface area contributed by atoms with E-state index >= 15 is 0 Å². The fourth-order valence-electron chi connectivity index (χ4n) is 2.56. The molecule has 1 N–H and O–H groups in total.